The van der Waals surface area contributed by atoms with Crippen molar-refractivity contribution >= 4 is 11.7 Å². The highest BCUT2D eigenvalue weighted by molar-refractivity contribution is 5.91. The third kappa shape index (κ3) is 4.59. The van der Waals surface area contributed by atoms with Gasteiger partial charge in [0, 0.05) is 38.3 Å². The van der Waals surface area contributed by atoms with E-state index in [0.717, 1.165) is 52.2 Å². The summed E-state index contributed by atoms with van der Waals surface area (Å²) >= 11 is 0. The average molecular weight is 363 g/mol. The lowest BCUT2D eigenvalue weighted by atomic mass is 10.0. The minimum Gasteiger partial charge on any atom is -0.497 e. The number of hydrogen-bond acceptors (Lipinski definition) is 5. The third-order valence-electron chi connectivity index (χ3n) is 5.11. The van der Waals surface area contributed by atoms with Crippen LogP contribution >= 0.6 is 0 Å². The number of methoxy groups -OCH3 is 2. The molecule has 0 spiro atoms. The molecule has 2 saturated heterocycles. The fraction of sp³-hybridized carbons (Fsp3) is 0.632. The van der Waals surface area contributed by atoms with Crippen molar-refractivity contribution in [2.75, 3.05) is 58.9 Å². The van der Waals surface area contributed by atoms with Gasteiger partial charge in [-0.3, -0.25) is 4.90 Å². The molecule has 2 fully saturated rings. The Bertz CT molecular complexity index is 604. The molecule has 7 heteroatoms. The molecule has 144 valence electrons. The highest BCUT2D eigenvalue weighted by Crippen LogP contribution is 2.30. The van der Waals surface area contributed by atoms with Crippen molar-refractivity contribution in [3.05, 3.63) is 18.2 Å². The minimum absolute atomic E-state index is 0.0745. The van der Waals surface area contributed by atoms with Gasteiger partial charge in [0.25, 0.3) is 0 Å². The van der Waals surface area contributed by atoms with Crippen molar-refractivity contribution in [1.82, 2.24) is 9.80 Å². The Hall–Kier alpha value is -1.99. The average Bonchev–Trinajstić information content (AvgIpc) is 2.69. The summed E-state index contributed by atoms with van der Waals surface area (Å²) in [6.07, 6.45) is 3.25. The first-order valence-corrected chi connectivity index (χ1v) is 9.31. The van der Waals surface area contributed by atoms with Gasteiger partial charge in [0.1, 0.15) is 11.5 Å². The summed E-state index contributed by atoms with van der Waals surface area (Å²) < 4.78 is 16.1. The predicted octanol–water partition coefficient (Wildman–Crippen LogP) is 2.42. The number of benzene rings is 1. The van der Waals surface area contributed by atoms with E-state index in [1.54, 1.807) is 26.4 Å². The minimum atomic E-state index is -0.0745. The van der Waals surface area contributed by atoms with Crippen LogP contribution in [0.3, 0.4) is 0 Å². The van der Waals surface area contributed by atoms with Gasteiger partial charge in [0.15, 0.2) is 0 Å². The molecule has 0 saturated carbocycles. The van der Waals surface area contributed by atoms with Crippen LogP contribution < -0.4 is 14.8 Å². The molecule has 0 aliphatic carbocycles. The van der Waals surface area contributed by atoms with Crippen molar-refractivity contribution in [3.63, 3.8) is 0 Å². The largest absolute Gasteiger partial charge is 0.497 e. The lowest BCUT2D eigenvalue weighted by Crippen LogP contribution is -2.52. The van der Waals surface area contributed by atoms with Crippen LogP contribution in [0.2, 0.25) is 0 Å². The van der Waals surface area contributed by atoms with Gasteiger partial charge in [-0.1, -0.05) is 0 Å². The summed E-state index contributed by atoms with van der Waals surface area (Å²) in [6, 6.07) is 5.57. The first kappa shape index (κ1) is 18.8. The maximum absolute atomic E-state index is 13.0. The molecule has 0 unspecified atom stereocenters. The molecule has 2 aliphatic heterocycles. The summed E-state index contributed by atoms with van der Waals surface area (Å²) in [5, 5.41) is 3.01. The van der Waals surface area contributed by atoms with Crippen molar-refractivity contribution in [2.24, 2.45) is 0 Å². The van der Waals surface area contributed by atoms with E-state index in [0.29, 0.717) is 17.2 Å². The van der Waals surface area contributed by atoms with E-state index in [1.807, 2.05) is 11.0 Å². The number of anilines is 1. The standard InChI is InChI=1S/C19H29N3O4/c1-24-16-6-7-18(25-2)17(13-16)20-19(23)22-8-4-3-5-15(22)14-21-9-11-26-12-10-21/h6-7,13,15H,3-5,8-12,14H2,1-2H3,(H,20,23)/t15-/m1/s1. The van der Waals surface area contributed by atoms with Gasteiger partial charge < -0.3 is 24.4 Å². The normalized spacial score (nSPS) is 21.3. The van der Waals surface area contributed by atoms with E-state index >= 15 is 0 Å². The molecule has 7 nitrogen and oxygen atoms in total. The fourth-order valence-electron chi connectivity index (χ4n) is 3.64. The van der Waals surface area contributed by atoms with Crippen LogP contribution in [0.25, 0.3) is 0 Å². The Morgan fingerprint density at radius 2 is 2.00 bits per heavy atom. The number of nitrogens with one attached hydrogen (secondary N) is 1. The van der Waals surface area contributed by atoms with Gasteiger partial charge in [-0.15, -0.1) is 0 Å². The molecule has 1 aromatic carbocycles. The first-order chi connectivity index (χ1) is 12.7. The smallest absolute Gasteiger partial charge is 0.322 e. The molecule has 0 bridgehead atoms. The molecule has 2 aliphatic rings. The molecule has 26 heavy (non-hydrogen) atoms. The summed E-state index contributed by atoms with van der Waals surface area (Å²) in [7, 11) is 3.20. The van der Waals surface area contributed by atoms with Crippen LogP contribution in [0.1, 0.15) is 19.3 Å². The second kappa shape index (κ2) is 9.09. The zero-order chi connectivity index (χ0) is 18.4. The van der Waals surface area contributed by atoms with Crippen LogP contribution in [0.4, 0.5) is 10.5 Å². The van der Waals surface area contributed by atoms with Gasteiger partial charge in [-0.25, -0.2) is 4.79 Å². The lowest BCUT2D eigenvalue weighted by Gasteiger charge is -2.39. The second-order valence-electron chi connectivity index (χ2n) is 6.75. The number of hydrogen-bond donors (Lipinski definition) is 1. The molecule has 2 heterocycles. The van der Waals surface area contributed by atoms with Gasteiger partial charge in [-0.05, 0) is 31.4 Å². The number of piperidine rings is 1. The van der Waals surface area contributed by atoms with Crippen LogP contribution in [-0.4, -0.2) is 75.5 Å². The number of ether oxygens (including phenoxy) is 3. The van der Waals surface area contributed by atoms with Gasteiger partial charge in [-0.2, -0.15) is 0 Å². The predicted molar refractivity (Wildman–Crippen MR) is 100 cm³/mol. The molecular weight excluding hydrogens is 334 g/mol. The highest BCUT2D eigenvalue weighted by Gasteiger charge is 2.29. The highest BCUT2D eigenvalue weighted by atomic mass is 16.5. The number of carbonyl (C=O) groups excluding carboxylic acids is 1. The van der Waals surface area contributed by atoms with Crippen molar-refractivity contribution < 1.29 is 19.0 Å². The first-order valence-electron chi connectivity index (χ1n) is 9.31. The number of rotatable bonds is 5. The van der Waals surface area contributed by atoms with Crippen molar-refractivity contribution in [2.45, 2.75) is 25.3 Å². The van der Waals surface area contributed by atoms with E-state index in [4.69, 9.17) is 14.2 Å². The van der Waals surface area contributed by atoms with E-state index in [9.17, 15) is 4.79 Å². The Balaban J connectivity index is 1.68. The quantitative estimate of drug-likeness (QED) is 0.870. The van der Waals surface area contributed by atoms with E-state index in [-0.39, 0.29) is 12.1 Å². The molecule has 0 radical (unpaired) electrons. The van der Waals surface area contributed by atoms with Crippen LogP contribution in [0, 0.1) is 0 Å². The summed E-state index contributed by atoms with van der Waals surface area (Å²) in [5.74, 6) is 1.31. The van der Waals surface area contributed by atoms with Crippen molar-refractivity contribution in [1.29, 1.82) is 0 Å². The maximum Gasteiger partial charge on any atom is 0.322 e. The van der Waals surface area contributed by atoms with Gasteiger partial charge >= 0.3 is 6.03 Å². The number of morpholine rings is 1. The Labute approximate surface area is 155 Å². The zero-order valence-corrected chi connectivity index (χ0v) is 15.7. The summed E-state index contributed by atoms with van der Waals surface area (Å²) in [5.41, 5.74) is 0.632. The summed E-state index contributed by atoms with van der Waals surface area (Å²) in [4.78, 5) is 17.3. The number of amides is 2. The van der Waals surface area contributed by atoms with Crippen LogP contribution in [0.15, 0.2) is 18.2 Å². The Morgan fingerprint density at radius 1 is 1.19 bits per heavy atom. The van der Waals surface area contributed by atoms with Crippen LogP contribution in [0.5, 0.6) is 11.5 Å². The van der Waals surface area contributed by atoms with Crippen LogP contribution in [-0.2, 0) is 4.74 Å². The molecular formula is C19H29N3O4. The third-order valence-corrected chi connectivity index (χ3v) is 5.11. The van der Waals surface area contributed by atoms with E-state index in [1.165, 1.54) is 6.42 Å². The Kier molecular flexibility index (Phi) is 6.57. The van der Waals surface area contributed by atoms with Gasteiger partial charge in [0.2, 0.25) is 0 Å². The molecule has 1 N–H and O–H groups in total. The maximum atomic E-state index is 13.0. The molecule has 1 aromatic rings. The monoisotopic (exact) mass is 363 g/mol. The van der Waals surface area contributed by atoms with Crippen molar-refractivity contribution in [3.8, 4) is 11.5 Å². The van der Waals surface area contributed by atoms with E-state index < -0.39 is 0 Å². The number of nitrogens with zero attached hydrogens (tertiary/aromatic N) is 2. The SMILES string of the molecule is COc1ccc(OC)c(NC(=O)N2CCCC[C@@H]2CN2CCOCC2)c1. The van der Waals surface area contributed by atoms with Gasteiger partial charge in [0.05, 0.1) is 33.1 Å². The molecule has 2 amide bonds. The fourth-order valence-corrected chi connectivity index (χ4v) is 3.64. The zero-order valence-electron chi connectivity index (χ0n) is 15.7. The topological polar surface area (TPSA) is 63.3 Å². The lowest BCUT2D eigenvalue weighted by molar-refractivity contribution is 0.0229. The number of likely N-dealkylation sites (tertiary alicyclic amines) is 1. The molecule has 3 rings (SSSR count). The second-order valence-corrected chi connectivity index (χ2v) is 6.75. The number of carbonyl (C=O) groups is 1. The Morgan fingerprint density at radius 3 is 2.73 bits per heavy atom. The number of urea groups is 1. The molecule has 1 atom stereocenters. The summed E-state index contributed by atoms with van der Waals surface area (Å²) in [6.45, 7) is 5.13. The van der Waals surface area contributed by atoms with E-state index in [2.05, 4.69) is 10.2 Å². The molecule has 0 aromatic heterocycles.